The number of nitrogens with one attached hydrogen (secondary N) is 1. The maximum absolute atomic E-state index is 6.13. The van der Waals surface area contributed by atoms with E-state index < -0.39 is 0 Å². The molecular weight excluding hydrogens is 240 g/mol. The smallest absolute Gasteiger partial charge is 0.0421 e. The van der Waals surface area contributed by atoms with E-state index in [0.29, 0.717) is 0 Å². The maximum atomic E-state index is 6.13. The van der Waals surface area contributed by atoms with Gasteiger partial charge < -0.3 is 11.1 Å². The molecule has 0 aliphatic heterocycles. The molecule has 2 aromatic rings. The minimum Gasteiger partial charge on any atom is -0.323 e. The molecular formula is C15H20N2S. The van der Waals surface area contributed by atoms with Gasteiger partial charge in [-0.3, -0.25) is 0 Å². The molecule has 1 aromatic heterocycles. The molecule has 0 saturated carbocycles. The highest BCUT2D eigenvalue weighted by atomic mass is 32.1. The van der Waals surface area contributed by atoms with Crippen molar-refractivity contribution < 1.29 is 0 Å². The van der Waals surface area contributed by atoms with Crippen molar-refractivity contribution >= 4 is 11.3 Å². The first-order chi connectivity index (χ1) is 8.79. The molecule has 1 heterocycles. The van der Waals surface area contributed by atoms with Crippen molar-refractivity contribution in [3.05, 3.63) is 57.8 Å². The van der Waals surface area contributed by atoms with E-state index >= 15 is 0 Å². The molecule has 0 aliphatic rings. The number of nitrogens with two attached hydrogens (primary N) is 1. The zero-order valence-electron chi connectivity index (χ0n) is 10.7. The van der Waals surface area contributed by atoms with Crippen LogP contribution in [0.25, 0.3) is 0 Å². The van der Waals surface area contributed by atoms with Crippen LogP contribution >= 0.6 is 11.3 Å². The lowest BCUT2D eigenvalue weighted by Gasteiger charge is -2.12. The maximum Gasteiger partial charge on any atom is 0.0421 e. The first-order valence-electron chi connectivity index (χ1n) is 6.38. The summed E-state index contributed by atoms with van der Waals surface area (Å²) in [6.45, 7) is 3.91. The standard InChI is InChI=1S/C15H20N2S/c1-2-13-8-9-14(18-13)10-17-11-15(16)12-6-4-3-5-7-12/h3-9,15,17H,2,10-11,16H2,1H3. The van der Waals surface area contributed by atoms with Crippen LogP contribution in [-0.4, -0.2) is 6.54 Å². The van der Waals surface area contributed by atoms with Crippen molar-refractivity contribution in [3.8, 4) is 0 Å². The highest BCUT2D eigenvalue weighted by Gasteiger charge is 2.05. The van der Waals surface area contributed by atoms with Crippen LogP contribution in [0.15, 0.2) is 42.5 Å². The van der Waals surface area contributed by atoms with Crippen molar-refractivity contribution in [2.45, 2.75) is 25.9 Å². The van der Waals surface area contributed by atoms with Gasteiger partial charge in [0.2, 0.25) is 0 Å². The van der Waals surface area contributed by atoms with E-state index in [2.05, 4.69) is 36.5 Å². The molecule has 3 N–H and O–H groups in total. The summed E-state index contributed by atoms with van der Waals surface area (Å²) in [5.74, 6) is 0. The van der Waals surface area contributed by atoms with E-state index in [0.717, 1.165) is 19.5 Å². The number of hydrogen-bond acceptors (Lipinski definition) is 3. The average molecular weight is 260 g/mol. The van der Waals surface area contributed by atoms with Crippen LogP contribution in [0.1, 0.15) is 28.3 Å². The molecule has 1 aromatic carbocycles. The molecule has 18 heavy (non-hydrogen) atoms. The van der Waals surface area contributed by atoms with Gasteiger partial charge in [0.25, 0.3) is 0 Å². The summed E-state index contributed by atoms with van der Waals surface area (Å²) in [6.07, 6.45) is 1.12. The summed E-state index contributed by atoms with van der Waals surface area (Å²) >= 11 is 1.88. The summed E-state index contributed by atoms with van der Waals surface area (Å²) in [5, 5.41) is 3.42. The van der Waals surface area contributed by atoms with Gasteiger partial charge in [0.1, 0.15) is 0 Å². The summed E-state index contributed by atoms with van der Waals surface area (Å²) in [4.78, 5) is 2.83. The minimum atomic E-state index is 0.0665. The van der Waals surface area contributed by atoms with E-state index in [-0.39, 0.29) is 6.04 Å². The van der Waals surface area contributed by atoms with Crippen LogP contribution in [0.4, 0.5) is 0 Å². The predicted molar refractivity (Wildman–Crippen MR) is 78.8 cm³/mol. The first-order valence-corrected chi connectivity index (χ1v) is 7.20. The fourth-order valence-electron chi connectivity index (χ4n) is 1.88. The third kappa shape index (κ3) is 3.67. The molecule has 1 atom stereocenters. The van der Waals surface area contributed by atoms with Crippen molar-refractivity contribution in [2.75, 3.05) is 6.54 Å². The van der Waals surface area contributed by atoms with Crippen LogP contribution < -0.4 is 11.1 Å². The van der Waals surface area contributed by atoms with Gasteiger partial charge in [-0.05, 0) is 24.1 Å². The average Bonchev–Trinajstić information content (AvgIpc) is 2.87. The lowest BCUT2D eigenvalue weighted by molar-refractivity contribution is 0.601. The molecule has 1 unspecified atom stereocenters. The Morgan fingerprint density at radius 1 is 1.11 bits per heavy atom. The topological polar surface area (TPSA) is 38.0 Å². The van der Waals surface area contributed by atoms with Crippen LogP contribution in [0, 0.1) is 0 Å². The molecule has 0 aliphatic carbocycles. The normalized spacial score (nSPS) is 12.6. The Balaban J connectivity index is 1.78. The SMILES string of the molecule is CCc1ccc(CNCC(N)c2ccccc2)s1. The molecule has 2 nitrogen and oxygen atoms in total. The Morgan fingerprint density at radius 2 is 1.83 bits per heavy atom. The summed E-state index contributed by atoms with van der Waals surface area (Å²) in [7, 11) is 0. The number of hydrogen-bond donors (Lipinski definition) is 2. The third-order valence-electron chi connectivity index (χ3n) is 2.96. The van der Waals surface area contributed by atoms with Crippen molar-refractivity contribution in [3.63, 3.8) is 0 Å². The van der Waals surface area contributed by atoms with E-state index in [9.17, 15) is 0 Å². The lowest BCUT2D eigenvalue weighted by Crippen LogP contribution is -2.26. The van der Waals surface area contributed by atoms with Gasteiger partial charge in [0.05, 0.1) is 0 Å². The van der Waals surface area contributed by atoms with Crippen LogP contribution in [0.3, 0.4) is 0 Å². The molecule has 0 radical (unpaired) electrons. The fourth-order valence-corrected chi connectivity index (χ4v) is 2.80. The number of aryl methyl sites for hydroxylation is 1. The lowest BCUT2D eigenvalue weighted by atomic mass is 10.1. The largest absolute Gasteiger partial charge is 0.323 e. The number of rotatable bonds is 6. The highest BCUT2D eigenvalue weighted by molar-refractivity contribution is 7.11. The minimum absolute atomic E-state index is 0.0665. The second-order valence-electron chi connectivity index (χ2n) is 4.37. The van der Waals surface area contributed by atoms with Crippen molar-refractivity contribution in [2.24, 2.45) is 5.73 Å². The van der Waals surface area contributed by atoms with Gasteiger partial charge >= 0.3 is 0 Å². The molecule has 0 saturated heterocycles. The monoisotopic (exact) mass is 260 g/mol. The molecule has 3 heteroatoms. The predicted octanol–water partition coefficient (Wildman–Crippen LogP) is 3.10. The van der Waals surface area contributed by atoms with E-state index in [4.69, 9.17) is 5.73 Å². The fraction of sp³-hybridized carbons (Fsp3) is 0.333. The second-order valence-corrected chi connectivity index (χ2v) is 5.62. The Morgan fingerprint density at radius 3 is 2.50 bits per heavy atom. The third-order valence-corrected chi connectivity index (χ3v) is 4.19. The molecule has 0 amide bonds. The first kappa shape index (κ1) is 13.3. The molecule has 0 bridgehead atoms. The molecule has 2 rings (SSSR count). The molecule has 0 fully saturated rings. The van der Waals surface area contributed by atoms with E-state index in [1.807, 2.05) is 29.5 Å². The van der Waals surface area contributed by atoms with Gasteiger partial charge in [0.15, 0.2) is 0 Å². The van der Waals surface area contributed by atoms with Gasteiger partial charge in [-0.15, -0.1) is 11.3 Å². The van der Waals surface area contributed by atoms with Gasteiger partial charge in [-0.2, -0.15) is 0 Å². The molecule has 96 valence electrons. The van der Waals surface area contributed by atoms with Crippen molar-refractivity contribution in [1.82, 2.24) is 5.32 Å². The summed E-state index contributed by atoms with van der Waals surface area (Å²) in [6, 6.07) is 14.7. The van der Waals surface area contributed by atoms with Gasteiger partial charge in [-0.25, -0.2) is 0 Å². The zero-order valence-corrected chi connectivity index (χ0v) is 11.5. The van der Waals surface area contributed by atoms with E-state index in [1.54, 1.807) is 0 Å². The Hall–Kier alpha value is -1.16. The number of thiophene rings is 1. The van der Waals surface area contributed by atoms with Crippen molar-refractivity contribution in [1.29, 1.82) is 0 Å². The summed E-state index contributed by atoms with van der Waals surface area (Å²) in [5.41, 5.74) is 7.32. The van der Waals surface area contributed by atoms with Crippen LogP contribution in [0.5, 0.6) is 0 Å². The summed E-state index contributed by atoms with van der Waals surface area (Å²) < 4.78 is 0. The number of benzene rings is 1. The Kier molecular flexibility index (Phi) is 4.93. The quantitative estimate of drug-likeness (QED) is 0.837. The van der Waals surface area contributed by atoms with Gasteiger partial charge in [0, 0.05) is 28.9 Å². The Bertz CT molecular complexity index is 464. The van der Waals surface area contributed by atoms with E-state index in [1.165, 1.54) is 15.3 Å². The second kappa shape index (κ2) is 6.69. The van der Waals surface area contributed by atoms with Crippen LogP contribution in [0.2, 0.25) is 0 Å². The van der Waals surface area contributed by atoms with Crippen LogP contribution in [-0.2, 0) is 13.0 Å². The molecule has 0 spiro atoms. The highest BCUT2D eigenvalue weighted by Crippen LogP contribution is 2.16. The zero-order chi connectivity index (χ0) is 12.8. The van der Waals surface area contributed by atoms with Gasteiger partial charge in [-0.1, -0.05) is 37.3 Å². The Labute approximate surface area is 113 Å².